The van der Waals surface area contributed by atoms with Crippen LogP contribution in [-0.2, 0) is 29.0 Å². The third-order valence-corrected chi connectivity index (χ3v) is 5.44. The number of fused-ring (bicyclic) bond motifs is 1. The average Bonchev–Trinajstić information content (AvgIpc) is 3.49. The third kappa shape index (κ3) is 3.64. The van der Waals surface area contributed by atoms with E-state index in [0.717, 1.165) is 19.4 Å². The number of carbonyl (C=O) groups excluding carboxylic acids is 2. The van der Waals surface area contributed by atoms with E-state index in [1.54, 1.807) is 0 Å². The molecular weight excluding hydrogens is 324 g/mol. The van der Waals surface area contributed by atoms with Gasteiger partial charge in [-0.1, -0.05) is 54.6 Å². The Bertz CT molecular complexity index is 803. The molecule has 1 N–H and O–H groups in total. The summed E-state index contributed by atoms with van der Waals surface area (Å²) in [4.78, 5) is 27.0. The van der Waals surface area contributed by atoms with Gasteiger partial charge in [0.25, 0.3) is 0 Å². The molecule has 1 aliphatic heterocycles. The Morgan fingerprint density at radius 1 is 0.962 bits per heavy atom. The second-order valence-electron chi connectivity index (χ2n) is 7.25. The van der Waals surface area contributed by atoms with Crippen LogP contribution in [0, 0.1) is 11.8 Å². The summed E-state index contributed by atoms with van der Waals surface area (Å²) in [5.41, 5.74) is 3.78. The van der Waals surface area contributed by atoms with Gasteiger partial charge >= 0.3 is 0 Å². The second kappa shape index (κ2) is 7.32. The Kier molecular flexibility index (Phi) is 4.74. The van der Waals surface area contributed by atoms with Crippen LogP contribution >= 0.6 is 0 Å². The zero-order valence-corrected chi connectivity index (χ0v) is 14.9. The maximum atomic E-state index is 12.7. The summed E-state index contributed by atoms with van der Waals surface area (Å²) in [7, 11) is 0. The van der Waals surface area contributed by atoms with Crippen molar-refractivity contribution in [3.8, 4) is 0 Å². The third-order valence-electron chi connectivity index (χ3n) is 5.44. The van der Waals surface area contributed by atoms with Gasteiger partial charge in [0.15, 0.2) is 0 Å². The first kappa shape index (κ1) is 16.8. The Morgan fingerprint density at radius 3 is 2.50 bits per heavy atom. The molecule has 4 rings (SSSR count). The molecule has 1 aliphatic carbocycles. The van der Waals surface area contributed by atoms with Crippen LogP contribution in [0.4, 0.5) is 0 Å². The quantitative estimate of drug-likeness (QED) is 0.903. The number of nitrogens with one attached hydrogen (secondary N) is 1. The molecule has 4 heteroatoms. The Hall–Kier alpha value is -2.62. The van der Waals surface area contributed by atoms with Gasteiger partial charge in [0.05, 0.1) is 11.8 Å². The zero-order valence-electron chi connectivity index (χ0n) is 14.9. The van der Waals surface area contributed by atoms with Crippen LogP contribution in [0.15, 0.2) is 54.6 Å². The molecule has 1 fully saturated rings. The van der Waals surface area contributed by atoms with Gasteiger partial charge in [-0.3, -0.25) is 9.59 Å². The second-order valence-corrected chi connectivity index (χ2v) is 7.25. The lowest BCUT2D eigenvalue weighted by Gasteiger charge is -2.29. The number of carbonyl (C=O) groups is 2. The molecule has 0 bridgehead atoms. The molecule has 2 amide bonds. The van der Waals surface area contributed by atoms with Crippen molar-refractivity contribution in [3.63, 3.8) is 0 Å². The van der Waals surface area contributed by atoms with Gasteiger partial charge in [-0.25, -0.2) is 0 Å². The predicted octanol–water partition coefficient (Wildman–Crippen LogP) is 2.57. The highest BCUT2D eigenvalue weighted by Crippen LogP contribution is 2.40. The van der Waals surface area contributed by atoms with Crippen molar-refractivity contribution in [2.45, 2.75) is 25.8 Å². The highest BCUT2D eigenvalue weighted by atomic mass is 16.2. The highest BCUT2D eigenvalue weighted by Gasteiger charge is 2.49. The van der Waals surface area contributed by atoms with E-state index in [2.05, 4.69) is 29.6 Å². The van der Waals surface area contributed by atoms with Crippen LogP contribution in [0.3, 0.4) is 0 Å². The molecule has 0 spiro atoms. The molecule has 2 atom stereocenters. The van der Waals surface area contributed by atoms with Gasteiger partial charge in [-0.05, 0) is 36.0 Å². The number of benzene rings is 2. The molecule has 26 heavy (non-hydrogen) atoms. The summed E-state index contributed by atoms with van der Waals surface area (Å²) < 4.78 is 0. The van der Waals surface area contributed by atoms with Crippen LogP contribution < -0.4 is 5.32 Å². The highest BCUT2D eigenvalue weighted by molar-refractivity contribution is 5.92. The van der Waals surface area contributed by atoms with E-state index in [1.165, 1.54) is 16.7 Å². The first-order chi connectivity index (χ1) is 12.7. The Labute approximate surface area is 154 Å². The average molecular weight is 348 g/mol. The van der Waals surface area contributed by atoms with Crippen molar-refractivity contribution in [1.82, 2.24) is 10.2 Å². The van der Waals surface area contributed by atoms with Crippen molar-refractivity contribution < 1.29 is 9.59 Å². The Morgan fingerprint density at radius 2 is 1.69 bits per heavy atom. The van der Waals surface area contributed by atoms with Gasteiger partial charge in [0.2, 0.25) is 11.8 Å². The van der Waals surface area contributed by atoms with Crippen molar-refractivity contribution in [2.75, 3.05) is 13.1 Å². The minimum Gasteiger partial charge on any atom is -0.356 e. The van der Waals surface area contributed by atoms with E-state index < -0.39 is 0 Å². The number of nitrogens with zero attached hydrogens (tertiary/aromatic N) is 1. The summed E-state index contributed by atoms with van der Waals surface area (Å²) in [5, 5.41) is 2.99. The minimum atomic E-state index is -0.143. The normalized spacial score (nSPS) is 21.0. The molecule has 134 valence electrons. The van der Waals surface area contributed by atoms with Gasteiger partial charge in [0.1, 0.15) is 0 Å². The maximum Gasteiger partial charge on any atom is 0.226 e. The van der Waals surface area contributed by atoms with Gasteiger partial charge in [-0.15, -0.1) is 0 Å². The molecule has 2 aromatic rings. The van der Waals surface area contributed by atoms with E-state index in [1.807, 2.05) is 35.2 Å². The first-order valence-corrected chi connectivity index (χ1v) is 9.39. The summed E-state index contributed by atoms with van der Waals surface area (Å²) in [5.74, 6) is -0.105. The zero-order chi connectivity index (χ0) is 17.9. The maximum absolute atomic E-state index is 12.7. The first-order valence-electron chi connectivity index (χ1n) is 9.39. The fourth-order valence-corrected chi connectivity index (χ4v) is 3.78. The smallest absolute Gasteiger partial charge is 0.226 e. The van der Waals surface area contributed by atoms with E-state index in [9.17, 15) is 9.59 Å². The summed E-state index contributed by atoms with van der Waals surface area (Å²) in [6.45, 7) is 2.06. The van der Waals surface area contributed by atoms with Crippen molar-refractivity contribution in [1.29, 1.82) is 0 Å². The monoisotopic (exact) mass is 348 g/mol. The standard InChI is InChI=1S/C22H24N2O2/c25-21(23-12-10-16-6-2-1-3-7-16)19-14-20(19)22(26)24-13-11-17-8-4-5-9-18(17)15-24/h1-9,19-20H,10-15H2,(H,23,25). The van der Waals surface area contributed by atoms with E-state index in [0.29, 0.717) is 19.5 Å². The van der Waals surface area contributed by atoms with Crippen molar-refractivity contribution in [2.24, 2.45) is 11.8 Å². The lowest BCUT2D eigenvalue weighted by molar-refractivity contribution is -0.135. The lowest BCUT2D eigenvalue weighted by atomic mass is 9.99. The summed E-state index contributed by atoms with van der Waals surface area (Å²) in [6, 6.07) is 18.4. The molecule has 2 aliphatic rings. The number of rotatable bonds is 5. The van der Waals surface area contributed by atoms with Gasteiger partial charge in [0, 0.05) is 19.6 Å². The van der Waals surface area contributed by atoms with Crippen LogP contribution in [0.5, 0.6) is 0 Å². The van der Waals surface area contributed by atoms with Crippen molar-refractivity contribution in [3.05, 3.63) is 71.3 Å². The molecule has 2 aromatic carbocycles. The summed E-state index contributed by atoms with van der Waals surface area (Å²) >= 11 is 0. The number of hydrogen-bond acceptors (Lipinski definition) is 2. The number of hydrogen-bond donors (Lipinski definition) is 1. The fraction of sp³-hybridized carbons (Fsp3) is 0.364. The van der Waals surface area contributed by atoms with E-state index in [-0.39, 0.29) is 23.7 Å². The molecule has 1 heterocycles. The molecule has 0 radical (unpaired) electrons. The molecule has 4 nitrogen and oxygen atoms in total. The fourth-order valence-electron chi connectivity index (χ4n) is 3.78. The van der Waals surface area contributed by atoms with E-state index in [4.69, 9.17) is 0 Å². The molecule has 0 saturated heterocycles. The largest absolute Gasteiger partial charge is 0.356 e. The lowest BCUT2D eigenvalue weighted by Crippen LogP contribution is -2.38. The van der Waals surface area contributed by atoms with Crippen molar-refractivity contribution >= 4 is 11.8 Å². The van der Waals surface area contributed by atoms with Crippen LogP contribution in [0.2, 0.25) is 0 Å². The molecular formula is C22H24N2O2. The minimum absolute atomic E-state index is 0.0247. The molecule has 2 unspecified atom stereocenters. The summed E-state index contributed by atoms with van der Waals surface area (Å²) in [6.07, 6.45) is 2.41. The topological polar surface area (TPSA) is 49.4 Å². The molecule has 1 saturated carbocycles. The number of amides is 2. The van der Waals surface area contributed by atoms with Gasteiger partial charge in [-0.2, -0.15) is 0 Å². The predicted molar refractivity (Wildman–Crippen MR) is 100 cm³/mol. The van der Waals surface area contributed by atoms with Crippen LogP contribution in [0.1, 0.15) is 23.1 Å². The van der Waals surface area contributed by atoms with Crippen LogP contribution in [-0.4, -0.2) is 29.8 Å². The Balaban J connectivity index is 1.25. The molecule has 0 aromatic heterocycles. The van der Waals surface area contributed by atoms with Crippen LogP contribution in [0.25, 0.3) is 0 Å². The SMILES string of the molecule is O=C(NCCc1ccccc1)C1CC1C(=O)N1CCc2ccccc2C1. The van der Waals surface area contributed by atoms with E-state index >= 15 is 0 Å². The van der Waals surface area contributed by atoms with Gasteiger partial charge < -0.3 is 10.2 Å².